The number of fused-ring (bicyclic) bond motifs is 1. The van der Waals surface area contributed by atoms with Crippen LogP contribution in [0.15, 0.2) is 18.2 Å². The lowest BCUT2D eigenvalue weighted by Crippen LogP contribution is -2.04. The Kier molecular flexibility index (Phi) is 3.01. The molecule has 0 spiro atoms. The minimum atomic E-state index is 0.795. The molecule has 1 aromatic rings. The van der Waals surface area contributed by atoms with Crippen molar-refractivity contribution in [3.63, 3.8) is 0 Å². The monoisotopic (exact) mass is 214 g/mol. The Hall–Kier alpha value is -0.340. The molecule has 0 saturated carbocycles. The maximum atomic E-state index is 5.91. The number of halogens is 1. The summed E-state index contributed by atoms with van der Waals surface area (Å²) in [7, 11) is 0. The van der Waals surface area contributed by atoms with Gasteiger partial charge < -0.3 is 4.74 Å². The van der Waals surface area contributed by atoms with Crippen LogP contribution in [0.2, 0.25) is 5.02 Å². The molecule has 0 atom stereocenters. The average molecular weight is 215 g/mol. The van der Waals surface area contributed by atoms with E-state index in [1.165, 1.54) is 11.3 Å². The van der Waals surface area contributed by atoms with E-state index in [1.54, 1.807) is 0 Å². The summed E-state index contributed by atoms with van der Waals surface area (Å²) in [6, 6.07) is 5.84. The molecule has 3 heteroatoms. The molecule has 0 aliphatic carbocycles. The molecular weight excluding hydrogens is 204 g/mol. The molecule has 2 rings (SSSR count). The maximum absolute atomic E-state index is 5.91. The van der Waals surface area contributed by atoms with Crippen LogP contribution in [-0.4, -0.2) is 12.4 Å². The van der Waals surface area contributed by atoms with Gasteiger partial charge in [0, 0.05) is 16.3 Å². The Morgan fingerprint density at radius 1 is 1.38 bits per heavy atom. The standard InChI is InChI=1S/C10H11ClOS/c11-9-2-3-10-8(6-9)7-13-5-1-4-12-10/h2-3,6H,1,4-5,7H2. The zero-order valence-corrected chi connectivity index (χ0v) is 8.83. The number of hydrogen-bond donors (Lipinski definition) is 0. The van der Waals surface area contributed by atoms with Crippen LogP contribution in [0.4, 0.5) is 0 Å². The Bertz CT molecular complexity index is 301. The number of thioether (sulfide) groups is 1. The quantitative estimate of drug-likeness (QED) is 0.655. The fourth-order valence-electron chi connectivity index (χ4n) is 1.33. The van der Waals surface area contributed by atoms with Crippen LogP contribution in [0, 0.1) is 0 Å². The number of benzene rings is 1. The van der Waals surface area contributed by atoms with E-state index in [9.17, 15) is 0 Å². The SMILES string of the molecule is Clc1ccc2c(c1)CSCCCO2. The van der Waals surface area contributed by atoms with E-state index >= 15 is 0 Å². The van der Waals surface area contributed by atoms with Crippen LogP contribution in [-0.2, 0) is 5.75 Å². The van der Waals surface area contributed by atoms with Crippen molar-refractivity contribution in [2.75, 3.05) is 12.4 Å². The fraction of sp³-hybridized carbons (Fsp3) is 0.400. The van der Waals surface area contributed by atoms with Crippen molar-refractivity contribution in [3.05, 3.63) is 28.8 Å². The minimum absolute atomic E-state index is 0.795. The van der Waals surface area contributed by atoms with Crippen molar-refractivity contribution < 1.29 is 4.74 Å². The first-order chi connectivity index (χ1) is 6.36. The summed E-state index contributed by atoms with van der Waals surface area (Å²) in [6.45, 7) is 0.821. The van der Waals surface area contributed by atoms with Gasteiger partial charge in [-0.05, 0) is 30.4 Å². The Morgan fingerprint density at radius 3 is 3.23 bits per heavy atom. The van der Waals surface area contributed by atoms with E-state index in [1.807, 2.05) is 30.0 Å². The molecule has 1 aliphatic heterocycles. The molecule has 1 nitrogen and oxygen atoms in total. The van der Waals surface area contributed by atoms with Crippen molar-refractivity contribution >= 4 is 23.4 Å². The van der Waals surface area contributed by atoms with Gasteiger partial charge in [-0.3, -0.25) is 0 Å². The molecule has 1 heterocycles. The van der Waals surface area contributed by atoms with Crippen molar-refractivity contribution in [1.82, 2.24) is 0 Å². The van der Waals surface area contributed by atoms with E-state index in [-0.39, 0.29) is 0 Å². The van der Waals surface area contributed by atoms with E-state index in [0.717, 1.165) is 29.6 Å². The first-order valence-electron chi connectivity index (χ1n) is 4.35. The molecule has 1 aliphatic rings. The summed E-state index contributed by atoms with van der Waals surface area (Å²) in [5.41, 5.74) is 1.22. The second kappa shape index (κ2) is 4.25. The lowest BCUT2D eigenvalue weighted by atomic mass is 10.2. The molecule has 0 fully saturated rings. The van der Waals surface area contributed by atoms with Crippen molar-refractivity contribution in [2.24, 2.45) is 0 Å². The molecule has 0 radical (unpaired) electrons. The van der Waals surface area contributed by atoms with Crippen LogP contribution in [0.1, 0.15) is 12.0 Å². The predicted octanol–water partition coefficient (Wildman–Crippen LogP) is 3.36. The molecule has 13 heavy (non-hydrogen) atoms. The zero-order valence-electron chi connectivity index (χ0n) is 7.25. The van der Waals surface area contributed by atoms with E-state index in [4.69, 9.17) is 16.3 Å². The third-order valence-electron chi connectivity index (χ3n) is 1.97. The van der Waals surface area contributed by atoms with Gasteiger partial charge in [0.1, 0.15) is 5.75 Å². The van der Waals surface area contributed by atoms with Crippen molar-refractivity contribution in [3.8, 4) is 5.75 Å². The second-order valence-corrected chi connectivity index (χ2v) is 4.55. The van der Waals surface area contributed by atoms with Gasteiger partial charge in [-0.25, -0.2) is 0 Å². The lowest BCUT2D eigenvalue weighted by molar-refractivity contribution is 0.315. The van der Waals surface area contributed by atoms with Crippen LogP contribution < -0.4 is 4.74 Å². The maximum Gasteiger partial charge on any atom is 0.123 e. The van der Waals surface area contributed by atoms with E-state index in [0.29, 0.717) is 0 Å². The fourth-order valence-corrected chi connectivity index (χ4v) is 2.43. The Balaban J connectivity index is 2.28. The number of rotatable bonds is 0. The summed E-state index contributed by atoms with van der Waals surface area (Å²) in [5.74, 6) is 3.18. The molecule has 0 amide bonds. The van der Waals surface area contributed by atoms with Crippen LogP contribution >= 0.6 is 23.4 Å². The normalized spacial score (nSPS) is 16.7. The molecule has 0 unspecified atom stereocenters. The summed E-state index contributed by atoms with van der Waals surface area (Å²) in [4.78, 5) is 0. The van der Waals surface area contributed by atoms with E-state index in [2.05, 4.69) is 0 Å². The summed E-state index contributed by atoms with van der Waals surface area (Å²) >= 11 is 7.85. The topological polar surface area (TPSA) is 9.23 Å². The number of ether oxygens (including phenoxy) is 1. The first-order valence-corrected chi connectivity index (χ1v) is 5.88. The van der Waals surface area contributed by atoms with Gasteiger partial charge in [0.05, 0.1) is 6.61 Å². The molecule has 0 bridgehead atoms. The van der Waals surface area contributed by atoms with Crippen LogP contribution in [0.25, 0.3) is 0 Å². The Morgan fingerprint density at radius 2 is 2.31 bits per heavy atom. The highest BCUT2D eigenvalue weighted by molar-refractivity contribution is 7.98. The molecule has 1 aromatic carbocycles. The van der Waals surface area contributed by atoms with Gasteiger partial charge >= 0.3 is 0 Å². The number of hydrogen-bond acceptors (Lipinski definition) is 2. The molecule has 70 valence electrons. The largest absolute Gasteiger partial charge is 0.493 e. The smallest absolute Gasteiger partial charge is 0.123 e. The highest BCUT2D eigenvalue weighted by Crippen LogP contribution is 2.28. The summed E-state index contributed by atoms with van der Waals surface area (Å²) < 4.78 is 5.61. The van der Waals surface area contributed by atoms with Gasteiger partial charge in [0.25, 0.3) is 0 Å². The average Bonchev–Trinajstić information content (AvgIpc) is 2.08. The molecule has 0 aromatic heterocycles. The Labute approximate surface area is 87.4 Å². The van der Waals surface area contributed by atoms with Gasteiger partial charge in [0.15, 0.2) is 0 Å². The summed E-state index contributed by atoms with van der Waals surface area (Å²) in [5, 5.41) is 0.795. The molecule has 0 N–H and O–H groups in total. The van der Waals surface area contributed by atoms with Crippen molar-refractivity contribution in [2.45, 2.75) is 12.2 Å². The second-order valence-electron chi connectivity index (χ2n) is 3.01. The van der Waals surface area contributed by atoms with Crippen molar-refractivity contribution in [1.29, 1.82) is 0 Å². The lowest BCUT2D eigenvalue weighted by Gasteiger charge is -2.14. The van der Waals surface area contributed by atoms with Gasteiger partial charge in [-0.15, -0.1) is 0 Å². The third-order valence-corrected chi connectivity index (χ3v) is 3.30. The van der Waals surface area contributed by atoms with Gasteiger partial charge in [-0.2, -0.15) is 11.8 Å². The first kappa shape index (κ1) is 9.22. The highest BCUT2D eigenvalue weighted by atomic mass is 35.5. The van der Waals surface area contributed by atoms with Crippen LogP contribution in [0.3, 0.4) is 0 Å². The summed E-state index contributed by atoms with van der Waals surface area (Å²) in [6.07, 6.45) is 1.13. The van der Waals surface area contributed by atoms with Gasteiger partial charge in [0.2, 0.25) is 0 Å². The molecular formula is C10H11ClOS. The zero-order chi connectivity index (χ0) is 9.10. The highest BCUT2D eigenvalue weighted by Gasteiger charge is 2.07. The molecule has 0 saturated heterocycles. The van der Waals surface area contributed by atoms with Crippen LogP contribution in [0.5, 0.6) is 5.75 Å². The van der Waals surface area contributed by atoms with E-state index < -0.39 is 0 Å². The third kappa shape index (κ3) is 2.32. The minimum Gasteiger partial charge on any atom is -0.493 e. The predicted molar refractivity (Wildman–Crippen MR) is 57.7 cm³/mol. The van der Waals surface area contributed by atoms with Gasteiger partial charge in [-0.1, -0.05) is 11.6 Å².